The Labute approximate surface area is 74.8 Å². The lowest BCUT2D eigenvalue weighted by atomic mass is 10.2. The van der Waals surface area contributed by atoms with Crippen molar-refractivity contribution in [1.82, 2.24) is 0 Å². The zero-order valence-electron chi connectivity index (χ0n) is 8.59. The first-order chi connectivity index (χ1) is 5.74. The first-order valence-electron chi connectivity index (χ1n) is 4.27. The van der Waals surface area contributed by atoms with E-state index in [2.05, 4.69) is 13.8 Å². The molecule has 0 aliphatic rings. The standard InChI is InChI=1S/C8H12NO.C2H6/c1-7-4-5-9(10-3)6-8(7)2;1-2/h4-6H,1-3H3;1-2H3/q+1;. The minimum atomic E-state index is 1.24. The molecule has 0 saturated carbocycles. The van der Waals surface area contributed by atoms with Crippen LogP contribution in [-0.4, -0.2) is 7.11 Å². The quantitative estimate of drug-likeness (QED) is 0.581. The Bertz CT molecular complexity index is 233. The summed E-state index contributed by atoms with van der Waals surface area (Å²) in [6.07, 6.45) is 3.84. The number of pyridine rings is 1. The second-order valence-corrected chi connectivity index (χ2v) is 2.35. The van der Waals surface area contributed by atoms with Gasteiger partial charge in [0.2, 0.25) is 12.4 Å². The molecule has 0 bridgehead atoms. The Morgan fingerprint density at radius 1 is 1.17 bits per heavy atom. The van der Waals surface area contributed by atoms with Gasteiger partial charge in [0.05, 0.1) is 0 Å². The summed E-state index contributed by atoms with van der Waals surface area (Å²) in [6, 6.07) is 2.03. The third-order valence-electron chi connectivity index (χ3n) is 1.63. The highest BCUT2D eigenvalue weighted by Gasteiger charge is 2.00. The summed E-state index contributed by atoms with van der Waals surface area (Å²) in [7, 11) is 1.65. The predicted octanol–water partition coefficient (Wildman–Crippen LogP) is 1.68. The molecule has 2 heteroatoms. The van der Waals surface area contributed by atoms with Crippen LogP contribution in [0, 0.1) is 13.8 Å². The van der Waals surface area contributed by atoms with Crippen molar-refractivity contribution in [3.8, 4) is 0 Å². The summed E-state index contributed by atoms with van der Waals surface area (Å²) in [5.41, 5.74) is 2.53. The Morgan fingerprint density at radius 2 is 1.75 bits per heavy atom. The van der Waals surface area contributed by atoms with Crippen molar-refractivity contribution >= 4 is 0 Å². The van der Waals surface area contributed by atoms with Gasteiger partial charge in [-0.25, -0.2) is 0 Å². The average molecular weight is 168 g/mol. The molecular weight excluding hydrogens is 150 g/mol. The molecule has 0 aromatic carbocycles. The minimum absolute atomic E-state index is 1.24. The van der Waals surface area contributed by atoms with Crippen molar-refractivity contribution < 1.29 is 9.57 Å². The molecule has 0 fully saturated rings. The molecule has 1 aromatic rings. The largest absolute Gasteiger partial charge is 0.275 e. The molecule has 0 saturated heterocycles. The van der Waals surface area contributed by atoms with Crippen molar-refractivity contribution in [3.05, 3.63) is 29.6 Å². The molecule has 0 spiro atoms. The van der Waals surface area contributed by atoms with E-state index in [-0.39, 0.29) is 0 Å². The van der Waals surface area contributed by atoms with E-state index in [0.29, 0.717) is 0 Å². The Hall–Kier alpha value is -1.05. The summed E-state index contributed by atoms with van der Waals surface area (Å²) >= 11 is 0. The maximum Gasteiger partial charge on any atom is 0.225 e. The summed E-state index contributed by atoms with van der Waals surface area (Å²) < 4.78 is 1.68. The van der Waals surface area contributed by atoms with Crippen molar-refractivity contribution in [2.45, 2.75) is 27.7 Å². The van der Waals surface area contributed by atoms with Crippen LogP contribution >= 0.6 is 0 Å². The fourth-order valence-corrected chi connectivity index (χ4v) is 0.766. The van der Waals surface area contributed by atoms with E-state index in [4.69, 9.17) is 4.84 Å². The van der Waals surface area contributed by atoms with Crippen LogP contribution in [0.5, 0.6) is 0 Å². The normalized spacial score (nSPS) is 8.42. The number of aromatic nitrogens is 1. The van der Waals surface area contributed by atoms with Gasteiger partial charge < -0.3 is 0 Å². The van der Waals surface area contributed by atoms with Gasteiger partial charge in [-0.1, -0.05) is 13.8 Å². The molecule has 1 rings (SSSR count). The van der Waals surface area contributed by atoms with Crippen LogP contribution in [0.2, 0.25) is 0 Å². The van der Waals surface area contributed by atoms with Gasteiger partial charge in [0.25, 0.3) is 0 Å². The van der Waals surface area contributed by atoms with Crippen LogP contribution in [0.25, 0.3) is 0 Å². The molecule has 68 valence electrons. The van der Waals surface area contributed by atoms with Crippen molar-refractivity contribution in [1.29, 1.82) is 0 Å². The molecule has 2 nitrogen and oxygen atoms in total. The number of aryl methyl sites for hydroxylation is 2. The first-order valence-corrected chi connectivity index (χ1v) is 4.27. The molecule has 0 aliphatic carbocycles. The van der Waals surface area contributed by atoms with E-state index >= 15 is 0 Å². The highest BCUT2D eigenvalue weighted by atomic mass is 16.6. The zero-order valence-corrected chi connectivity index (χ0v) is 8.59. The molecule has 1 aromatic heterocycles. The van der Waals surface area contributed by atoms with Crippen LogP contribution in [0.3, 0.4) is 0 Å². The van der Waals surface area contributed by atoms with E-state index in [1.54, 1.807) is 11.8 Å². The van der Waals surface area contributed by atoms with Crippen LogP contribution in [0.15, 0.2) is 18.5 Å². The fourth-order valence-electron chi connectivity index (χ4n) is 0.766. The van der Waals surface area contributed by atoms with Gasteiger partial charge in [0.15, 0.2) is 0 Å². The van der Waals surface area contributed by atoms with E-state index in [9.17, 15) is 0 Å². The predicted molar refractivity (Wildman–Crippen MR) is 50.0 cm³/mol. The van der Waals surface area contributed by atoms with Crippen LogP contribution in [-0.2, 0) is 0 Å². The Morgan fingerprint density at radius 3 is 2.17 bits per heavy atom. The SMILES string of the molecule is CC.CO[n+]1ccc(C)c(C)c1. The minimum Gasteiger partial charge on any atom is -0.275 e. The fraction of sp³-hybridized carbons (Fsp3) is 0.500. The summed E-state index contributed by atoms with van der Waals surface area (Å²) in [4.78, 5) is 4.97. The van der Waals surface area contributed by atoms with Gasteiger partial charge >= 0.3 is 0 Å². The van der Waals surface area contributed by atoms with Crippen molar-refractivity contribution in [3.63, 3.8) is 0 Å². The average Bonchev–Trinajstić information content (AvgIpc) is 2.13. The van der Waals surface area contributed by atoms with Gasteiger partial charge in [0, 0.05) is 16.4 Å². The van der Waals surface area contributed by atoms with E-state index in [1.807, 2.05) is 32.3 Å². The van der Waals surface area contributed by atoms with E-state index in [1.165, 1.54) is 11.1 Å². The molecule has 1 heterocycles. The van der Waals surface area contributed by atoms with Crippen LogP contribution < -0.4 is 9.57 Å². The summed E-state index contributed by atoms with van der Waals surface area (Å²) in [6.45, 7) is 8.14. The summed E-state index contributed by atoms with van der Waals surface area (Å²) in [5, 5.41) is 0. The zero-order chi connectivity index (χ0) is 9.56. The molecule has 0 atom stereocenters. The maximum absolute atomic E-state index is 4.97. The van der Waals surface area contributed by atoms with Gasteiger partial charge in [-0.05, 0) is 19.4 Å². The highest BCUT2D eigenvalue weighted by Crippen LogP contribution is 1.99. The molecule has 0 N–H and O–H groups in total. The van der Waals surface area contributed by atoms with Gasteiger partial charge in [-0.15, -0.1) is 0 Å². The molecule has 0 aliphatic heterocycles. The third kappa shape index (κ3) is 2.91. The molecule has 0 amide bonds. The van der Waals surface area contributed by atoms with Gasteiger partial charge in [-0.2, -0.15) is 0 Å². The lowest BCUT2D eigenvalue weighted by Crippen LogP contribution is -2.39. The molecule has 0 unspecified atom stereocenters. The van der Waals surface area contributed by atoms with Crippen LogP contribution in [0.4, 0.5) is 0 Å². The Balaban J connectivity index is 0.000000561. The topological polar surface area (TPSA) is 13.1 Å². The monoisotopic (exact) mass is 168 g/mol. The number of rotatable bonds is 1. The second-order valence-electron chi connectivity index (χ2n) is 2.35. The lowest BCUT2D eigenvalue weighted by molar-refractivity contribution is -0.885. The molecular formula is C10H18NO+. The van der Waals surface area contributed by atoms with Crippen LogP contribution in [0.1, 0.15) is 25.0 Å². The van der Waals surface area contributed by atoms with E-state index < -0.39 is 0 Å². The smallest absolute Gasteiger partial charge is 0.225 e. The van der Waals surface area contributed by atoms with Gasteiger partial charge in [0.1, 0.15) is 7.11 Å². The highest BCUT2D eigenvalue weighted by molar-refractivity contribution is 5.16. The third-order valence-corrected chi connectivity index (χ3v) is 1.63. The first kappa shape index (κ1) is 11.0. The molecule has 12 heavy (non-hydrogen) atoms. The number of nitrogens with zero attached hydrogens (tertiary/aromatic N) is 1. The number of hydrogen-bond donors (Lipinski definition) is 0. The number of hydrogen-bond acceptors (Lipinski definition) is 1. The summed E-state index contributed by atoms with van der Waals surface area (Å²) in [5.74, 6) is 0. The van der Waals surface area contributed by atoms with E-state index in [0.717, 1.165) is 0 Å². The maximum atomic E-state index is 4.97. The van der Waals surface area contributed by atoms with Gasteiger partial charge in [-0.3, -0.25) is 4.84 Å². The molecule has 0 radical (unpaired) electrons. The Kier molecular flexibility index (Phi) is 5.09. The second kappa shape index (κ2) is 5.58. The van der Waals surface area contributed by atoms with Crippen molar-refractivity contribution in [2.24, 2.45) is 0 Å². The van der Waals surface area contributed by atoms with Crippen molar-refractivity contribution in [2.75, 3.05) is 7.11 Å². The lowest BCUT2D eigenvalue weighted by Gasteiger charge is -1.94.